The van der Waals surface area contributed by atoms with Gasteiger partial charge in [0.15, 0.2) is 6.10 Å². The van der Waals surface area contributed by atoms with Gasteiger partial charge < -0.3 is 20.7 Å². The number of likely N-dealkylation sites (N-methyl/N-ethyl adjacent to an activating group) is 1. The van der Waals surface area contributed by atoms with Crippen molar-refractivity contribution in [2.45, 2.75) is 13.0 Å². The first-order chi connectivity index (χ1) is 8.50. The molecule has 0 heterocycles. The van der Waals surface area contributed by atoms with Crippen molar-refractivity contribution in [2.24, 2.45) is 0 Å². The van der Waals surface area contributed by atoms with Crippen LogP contribution in [-0.2, 0) is 4.79 Å². The molecule has 0 bridgehead atoms. The summed E-state index contributed by atoms with van der Waals surface area (Å²) in [5, 5.41) is 2.81. The van der Waals surface area contributed by atoms with E-state index in [4.69, 9.17) is 10.5 Å². The van der Waals surface area contributed by atoms with E-state index in [1.54, 1.807) is 19.1 Å². The Morgan fingerprint density at radius 3 is 2.72 bits per heavy atom. The van der Waals surface area contributed by atoms with Crippen molar-refractivity contribution in [2.75, 3.05) is 32.9 Å². The molecular weight excluding hydrogens is 230 g/mol. The summed E-state index contributed by atoms with van der Waals surface area (Å²) in [5.41, 5.74) is 6.28. The number of ether oxygens (including phenoxy) is 1. The maximum atomic E-state index is 11.7. The standard InChI is InChI=1S/C13H21N3O2/c1-10(13(17)15-8-9-16(2)3)18-12-7-5-4-6-11(12)14/h4-7,10H,8-9,14H2,1-3H3,(H,15,17). The number of anilines is 1. The summed E-state index contributed by atoms with van der Waals surface area (Å²) < 4.78 is 5.51. The van der Waals surface area contributed by atoms with Gasteiger partial charge in [0.1, 0.15) is 5.75 Å². The quantitative estimate of drug-likeness (QED) is 0.731. The Morgan fingerprint density at radius 2 is 2.11 bits per heavy atom. The monoisotopic (exact) mass is 251 g/mol. The molecule has 1 amide bonds. The molecule has 0 aliphatic carbocycles. The van der Waals surface area contributed by atoms with Crippen LogP contribution in [0.5, 0.6) is 5.75 Å². The Labute approximate surface area is 108 Å². The summed E-state index contributed by atoms with van der Waals surface area (Å²) in [7, 11) is 3.91. The van der Waals surface area contributed by atoms with Gasteiger partial charge in [0.25, 0.3) is 5.91 Å². The average molecular weight is 251 g/mol. The number of carbonyl (C=O) groups excluding carboxylic acids is 1. The molecular formula is C13H21N3O2. The van der Waals surface area contributed by atoms with Gasteiger partial charge in [-0.3, -0.25) is 4.79 Å². The molecule has 0 aliphatic heterocycles. The molecule has 0 fully saturated rings. The van der Waals surface area contributed by atoms with E-state index in [2.05, 4.69) is 5.32 Å². The van der Waals surface area contributed by atoms with Crippen LogP contribution in [0, 0.1) is 0 Å². The van der Waals surface area contributed by atoms with Gasteiger partial charge in [0.2, 0.25) is 0 Å². The predicted molar refractivity (Wildman–Crippen MR) is 72.5 cm³/mol. The highest BCUT2D eigenvalue weighted by Crippen LogP contribution is 2.20. The normalized spacial score (nSPS) is 12.2. The van der Waals surface area contributed by atoms with Crippen molar-refractivity contribution in [3.8, 4) is 5.75 Å². The van der Waals surface area contributed by atoms with Crippen LogP contribution in [0.4, 0.5) is 5.69 Å². The number of hydrogen-bond acceptors (Lipinski definition) is 4. The summed E-state index contributed by atoms with van der Waals surface area (Å²) in [5.74, 6) is 0.396. The van der Waals surface area contributed by atoms with Crippen LogP contribution in [0.1, 0.15) is 6.92 Å². The van der Waals surface area contributed by atoms with Crippen LogP contribution in [0.3, 0.4) is 0 Å². The molecule has 0 aliphatic rings. The Morgan fingerprint density at radius 1 is 1.44 bits per heavy atom. The van der Waals surface area contributed by atoms with Gasteiger partial charge in [0, 0.05) is 13.1 Å². The van der Waals surface area contributed by atoms with Crippen LogP contribution in [0.15, 0.2) is 24.3 Å². The highest BCUT2D eigenvalue weighted by Gasteiger charge is 2.14. The Balaban J connectivity index is 2.43. The van der Waals surface area contributed by atoms with Crippen molar-refractivity contribution in [3.63, 3.8) is 0 Å². The summed E-state index contributed by atoms with van der Waals surface area (Å²) in [6.07, 6.45) is -0.558. The van der Waals surface area contributed by atoms with E-state index in [0.29, 0.717) is 18.0 Å². The first-order valence-electron chi connectivity index (χ1n) is 5.94. The van der Waals surface area contributed by atoms with E-state index in [9.17, 15) is 4.79 Å². The van der Waals surface area contributed by atoms with Gasteiger partial charge in [-0.05, 0) is 33.2 Å². The van der Waals surface area contributed by atoms with Crippen LogP contribution in [0.2, 0.25) is 0 Å². The number of nitrogens with zero attached hydrogens (tertiary/aromatic N) is 1. The second kappa shape index (κ2) is 6.86. The van der Waals surface area contributed by atoms with Gasteiger partial charge in [-0.2, -0.15) is 0 Å². The Hall–Kier alpha value is -1.75. The molecule has 100 valence electrons. The third-order valence-electron chi connectivity index (χ3n) is 2.45. The Kier molecular flexibility index (Phi) is 5.45. The fraction of sp³-hybridized carbons (Fsp3) is 0.462. The van der Waals surface area contributed by atoms with Gasteiger partial charge in [0.05, 0.1) is 5.69 Å². The molecule has 1 aromatic carbocycles. The van der Waals surface area contributed by atoms with E-state index < -0.39 is 6.10 Å². The molecule has 0 aromatic heterocycles. The summed E-state index contributed by atoms with van der Waals surface area (Å²) in [6.45, 7) is 3.10. The molecule has 0 spiro atoms. The third-order valence-corrected chi connectivity index (χ3v) is 2.45. The lowest BCUT2D eigenvalue weighted by Gasteiger charge is -2.16. The van der Waals surface area contributed by atoms with Crippen molar-refractivity contribution in [1.82, 2.24) is 10.2 Å². The van der Waals surface area contributed by atoms with Crippen molar-refractivity contribution < 1.29 is 9.53 Å². The summed E-state index contributed by atoms with van der Waals surface area (Å²) in [4.78, 5) is 13.7. The lowest BCUT2D eigenvalue weighted by atomic mass is 10.3. The first-order valence-corrected chi connectivity index (χ1v) is 5.94. The van der Waals surface area contributed by atoms with E-state index in [1.165, 1.54) is 0 Å². The number of nitrogens with two attached hydrogens (primary N) is 1. The molecule has 0 saturated heterocycles. The van der Waals surface area contributed by atoms with Gasteiger partial charge in [-0.25, -0.2) is 0 Å². The average Bonchev–Trinajstić information content (AvgIpc) is 2.31. The fourth-order valence-corrected chi connectivity index (χ4v) is 1.38. The van der Waals surface area contributed by atoms with E-state index in [-0.39, 0.29) is 5.91 Å². The molecule has 3 N–H and O–H groups in total. The number of nitrogen functional groups attached to an aromatic ring is 1. The number of benzene rings is 1. The molecule has 5 heteroatoms. The minimum absolute atomic E-state index is 0.139. The topological polar surface area (TPSA) is 67.6 Å². The van der Waals surface area contributed by atoms with Crippen LogP contribution in [-0.4, -0.2) is 44.1 Å². The highest BCUT2D eigenvalue weighted by atomic mass is 16.5. The zero-order chi connectivity index (χ0) is 13.5. The zero-order valence-corrected chi connectivity index (χ0v) is 11.1. The maximum absolute atomic E-state index is 11.7. The van der Waals surface area contributed by atoms with Crippen molar-refractivity contribution >= 4 is 11.6 Å². The first kappa shape index (κ1) is 14.3. The number of nitrogens with one attached hydrogen (secondary N) is 1. The van der Waals surface area contributed by atoms with Crippen molar-refractivity contribution in [3.05, 3.63) is 24.3 Å². The number of hydrogen-bond donors (Lipinski definition) is 2. The summed E-state index contributed by atoms with van der Waals surface area (Å²) >= 11 is 0. The second-order valence-corrected chi connectivity index (χ2v) is 4.39. The zero-order valence-electron chi connectivity index (χ0n) is 11.1. The highest BCUT2D eigenvalue weighted by molar-refractivity contribution is 5.80. The molecule has 1 aromatic rings. The number of carbonyl (C=O) groups is 1. The largest absolute Gasteiger partial charge is 0.479 e. The Bertz CT molecular complexity index is 394. The lowest BCUT2D eigenvalue weighted by molar-refractivity contribution is -0.127. The van der Waals surface area contributed by atoms with E-state index >= 15 is 0 Å². The van der Waals surface area contributed by atoms with Gasteiger partial charge >= 0.3 is 0 Å². The predicted octanol–water partition coefficient (Wildman–Crippen LogP) is 0.714. The van der Waals surface area contributed by atoms with Crippen LogP contribution in [0.25, 0.3) is 0 Å². The second-order valence-electron chi connectivity index (χ2n) is 4.39. The molecule has 18 heavy (non-hydrogen) atoms. The SMILES string of the molecule is CC(Oc1ccccc1N)C(=O)NCCN(C)C. The smallest absolute Gasteiger partial charge is 0.260 e. The molecule has 1 rings (SSSR count). The van der Waals surface area contributed by atoms with E-state index in [0.717, 1.165) is 6.54 Å². The van der Waals surface area contributed by atoms with Gasteiger partial charge in [-0.15, -0.1) is 0 Å². The van der Waals surface area contributed by atoms with Gasteiger partial charge in [-0.1, -0.05) is 12.1 Å². The molecule has 1 unspecified atom stereocenters. The molecule has 0 radical (unpaired) electrons. The number of para-hydroxylation sites is 2. The fourth-order valence-electron chi connectivity index (χ4n) is 1.38. The lowest BCUT2D eigenvalue weighted by Crippen LogP contribution is -2.39. The van der Waals surface area contributed by atoms with Crippen LogP contribution < -0.4 is 15.8 Å². The van der Waals surface area contributed by atoms with Crippen molar-refractivity contribution in [1.29, 1.82) is 0 Å². The minimum Gasteiger partial charge on any atom is -0.479 e. The molecule has 5 nitrogen and oxygen atoms in total. The number of amides is 1. The maximum Gasteiger partial charge on any atom is 0.260 e. The number of rotatable bonds is 6. The molecule has 0 saturated carbocycles. The minimum atomic E-state index is -0.558. The van der Waals surface area contributed by atoms with Crippen LogP contribution >= 0.6 is 0 Å². The third kappa shape index (κ3) is 4.63. The van der Waals surface area contributed by atoms with E-state index in [1.807, 2.05) is 31.1 Å². The summed E-state index contributed by atoms with van der Waals surface area (Å²) in [6, 6.07) is 7.14. The molecule has 1 atom stereocenters.